The number of rotatable bonds is 3. The molecule has 7 nitrogen and oxygen atoms in total. The van der Waals surface area contributed by atoms with Gasteiger partial charge in [-0.25, -0.2) is 0 Å². The summed E-state index contributed by atoms with van der Waals surface area (Å²) in [6.45, 7) is 6.85. The predicted molar refractivity (Wildman–Crippen MR) is 89.7 cm³/mol. The summed E-state index contributed by atoms with van der Waals surface area (Å²) in [5.41, 5.74) is 0.594. The molecule has 1 atom stereocenters. The maximum atomic E-state index is 12.2. The van der Waals surface area contributed by atoms with Crippen molar-refractivity contribution in [3.63, 3.8) is 0 Å². The first-order valence-corrected chi connectivity index (χ1v) is 9.23. The summed E-state index contributed by atoms with van der Waals surface area (Å²) in [6, 6.07) is 3.54. The molecule has 0 aliphatic carbocycles. The van der Waals surface area contributed by atoms with Gasteiger partial charge in [0.1, 0.15) is 0 Å². The standard InChI is InChI=1S/C17H24N3O4.Au/c1-17(2,3)24-16(22)20-9-5-6-13(11-20)19-12-7-8-14(18-10-12)15(21)23-4;/h7-8,13,19H,5-6,9,11H2,1-4H3;/t13-;/m1./s1. The molecule has 0 radical (unpaired) electrons. The van der Waals surface area contributed by atoms with Crippen molar-refractivity contribution in [2.75, 3.05) is 25.5 Å². The van der Waals surface area contributed by atoms with E-state index in [0.29, 0.717) is 17.0 Å². The third-order valence-electron chi connectivity index (χ3n) is 3.65. The summed E-state index contributed by atoms with van der Waals surface area (Å²) in [5.74, 6) is -0.464. The average molecular weight is 531 g/mol. The van der Waals surface area contributed by atoms with E-state index in [0.717, 1.165) is 18.5 Å². The minimum absolute atomic E-state index is 0.108. The number of carbonyl (C=O) groups is 2. The zero-order valence-corrected chi connectivity index (χ0v) is 17.1. The van der Waals surface area contributed by atoms with Crippen LogP contribution in [0.25, 0.3) is 0 Å². The molecule has 8 heteroatoms. The number of aromatic nitrogens is 1. The fraction of sp³-hybridized carbons (Fsp3) is 0.588. The number of carbonyl (C=O) groups excluding carboxylic acids is 2. The van der Waals surface area contributed by atoms with E-state index in [9.17, 15) is 9.59 Å². The second-order valence-corrected chi connectivity index (χ2v) is 7.93. The molecule has 1 aromatic heterocycles. The van der Waals surface area contributed by atoms with E-state index in [1.54, 1.807) is 17.0 Å². The third-order valence-corrected chi connectivity index (χ3v) is 4.47. The number of hydrogen-bond donors (Lipinski definition) is 1. The zero-order valence-electron chi connectivity index (χ0n) is 14.9. The Kier molecular flexibility index (Phi) is 6.48. The summed E-state index contributed by atoms with van der Waals surface area (Å²) in [6.07, 6.45) is 1.57. The van der Waals surface area contributed by atoms with Crippen LogP contribution in [0, 0.1) is 0 Å². The summed E-state index contributed by atoms with van der Waals surface area (Å²) in [7, 11) is 1.33. The van der Waals surface area contributed by atoms with Gasteiger partial charge in [-0.1, -0.05) is 0 Å². The van der Waals surface area contributed by atoms with Gasteiger partial charge in [-0.3, -0.25) is 0 Å². The topological polar surface area (TPSA) is 80.8 Å². The molecule has 1 N–H and O–H groups in total. The Morgan fingerprint density at radius 1 is 1.36 bits per heavy atom. The number of nitrogens with zero attached hydrogens (tertiary/aromatic N) is 2. The number of pyridine rings is 1. The van der Waals surface area contributed by atoms with Crippen molar-refractivity contribution in [2.45, 2.75) is 45.3 Å². The van der Waals surface area contributed by atoms with Crippen molar-refractivity contribution in [3.05, 3.63) is 17.8 Å². The number of likely N-dealkylation sites (tertiary alicyclic amines) is 1. The Bertz CT molecular complexity index is 645. The van der Waals surface area contributed by atoms with Crippen LogP contribution in [-0.2, 0) is 30.5 Å². The van der Waals surface area contributed by atoms with Gasteiger partial charge in [-0.05, 0) is 0 Å². The second-order valence-electron chi connectivity index (χ2n) is 6.90. The van der Waals surface area contributed by atoms with E-state index in [4.69, 9.17) is 4.74 Å². The number of anilines is 1. The summed E-state index contributed by atoms with van der Waals surface area (Å²) >= 11 is 2.29. The molecule has 1 amide bonds. The van der Waals surface area contributed by atoms with Gasteiger partial charge in [-0.15, -0.1) is 0 Å². The average Bonchev–Trinajstić information content (AvgIpc) is 2.54. The first kappa shape index (κ1) is 19.8. The number of esters is 1. The number of amides is 1. The Morgan fingerprint density at radius 2 is 2.08 bits per heavy atom. The van der Waals surface area contributed by atoms with Gasteiger partial charge in [-0.2, -0.15) is 0 Å². The molecular formula is C17H24AuN3O4. The van der Waals surface area contributed by atoms with Crippen LogP contribution in [-0.4, -0.2) is 53.8 Å². The van der Waals surface area contributed by atoms with Gasteiger partial charge in [0.25, 0.3) is 0 Å². The molecular weight excluding hydrogens is 507 g/mol. The molecule has 0 aromatic carbocycles. The van der Waals surface area contributed by atoms with Gasteiger partial charge in [0, 0.05) is 0 Å². The number of nitrogens with one attached hydrogen (secondary N) is 1. The number of hydrogen-bond acceptors (Lipinski definition) is 6. The van der Waals surface area contributed by atoms with Crippen LogP contribution >= 0.6 is 0 Å². The van der Waals surface area contributed by atoms with Crippen molar-refractivity contribution in [1.29, 1.82) is 0 Å². The van der Waals surface area contributed by atoms with Gasteiger partial charge >= 0.3 is 160 Å². The molecule has 1 aliphatic rings. The quantitative estimate of drug-likeness (QED) is 0.474. The monoisotopic (exact) mass is 531 g/mol. The number of ether oxygens (including phenoxy) is 2. The molecule has 0 saturated carbocycles. The first-order valence-electron chi connectivity index (χ1n) is 8.15. The summed E-state index contributed by atoms with van der Waals surface area (Å²) < 4.78 is 10.8. The van der Waals surface area contributed by atoms with Crippen LogP contribution in [0.3, 0.4) is 0 Å². The van der Waals surface area contributed by atoms with Crippen LogP contribution < -0.4 is 9.23 Å². The van der Waals surface area contributed by atoms with E-state index in [2.05, 4.69) is 36.1 Å². The van der Waals surface area contributed by atoms with Crippen molar-refractivity contribution >= 4 is 21.7 Å². The van der Waals surface area contributed by atoms with E-state index in [-0.39, 0.29) is 17.8 Å². The van der Waals surface area contributed by atoms with E-state index >= 15 is 0 Å². The molecule has 1 saturated heterocycles. The van der Waals surface area contributed by atoms with E-state index in [1.165, 1.54) is 7.11 Å². The minimum atomic E-state index is -0.501. The molecule has 0 unspecified atom stereocenters. The van der Waals surface area contributed by atoms with Crippen molar-refractivity contribution < 1.29 is 40.1 Å². The molecule has 142 valence electrons. The maximum absolute atomic E-state index is 12.2. The molecule has 1 aromatic rings. The van der Waals surface area contributed by atoms with Crippen molar-refractivity contribution in [2.24, 2.45) is 0 Å². The molecule has 2 heterocycles. The fourth-order valence-electron chi connectivity index (χ4n) is 2.55. The van der Waals surface area contributed by atoms with E-state index in [1.807, 2.05) is 20.8 Å². The van der Waals surface area contributed by atoms with Crippen molar-refractivity contribution in [3.8, 4) is 0 Å². The van der Waals surface area contributed by atoms with Crippen LogP contribution in [0.4, 0.5) is 10.5 Å². The predicted octanol–water partition coefficient (Wildman–Crippen LogP) is 1.85. The van der Waals surface area contributed by atoms with Crippen molar-refractivity contribution in [1.82, 2.24) is 9.88 Å². The van der Waals surface area contributed by atoms with Gasteiger partial charge in [0.2, 0.25) is 0 Å². The fourth-order valence-corrected chi connectivity index (χ4v) is 3.14. The van der Waals surface area contributed by atoms with E-state index < -0.39 is 11.6 Å². The van der Waals surface area contributed by atoms with Crippen LogP contribution in [0.1, 0.15) is 44.1 Å². The Labute approximate surface area is 160 Å². The Hall–Kier alpha value is -1.57. The number of methoxy groups -OCH3 is 1. The molecule has 0 spiro atoms. The second kappa shape index (κ2) is 8.21. The number of piperidine rings is 1. The van der Waals surface area contributed by atoms with Gasteiger partial charge in [0.05, 0.1) is 0 Å². The molecule has 1 fully saturated rings. The van der Waals surface area contributed by atoms with Gasteiger partial charge in [0.15, 0.2) is 0 Å². The summed E-state index contributed by atoms with van der Waals surface area (Å²) in [4.78, 5) is 29.7. The molecule has 2 rings (SSSR count). The normalized spacial score (nSPS) is 17.8. The summed E-state index contributed by atoms with van der Waals surface area (Å²) in [5, 5.41) is 3.40. The molecule has 1 aliphatic heterocycles. The molecule has 25 heavy (non-hydrogen) atoms. The Balaban J connectivity index is 2.00. The van der Waals surface area contributed by atoms with Gasteiger partial charge < -0.3 is 0 Å². The first-order chi connectivity index (χ1) is 11.7. The Morgan fingerprint density at radius 3 is 2.68 bits per heavy atom. The van der Waals surface area contributed by atoms with Crippen LogP contribution in [0.5, 0.6) is 0 Å². The van der Waals surface area contributed by atoms with Crippen LogP contribution in [0.2, 0.25) is 0 Å². The third kappa shape index (κ3) is 5.73. The SMILES string of the molecule is COC(=O)c1ccc(N[C@@H]2CCCN(C(=O)OC(C)(C)C)C2)[c]([Au])n1. The van der Waals surface area contributed by atoms with Crippen LogP contribution in [0.15, 0.2) is 12.1 Å². The molecule has 0 bridgehead atoms. The zero-order chi connectivity index (χ0) is 18.6.